The van der Waals surface area contributed by atoms with Crippen LogP contribution in [0.15, 0.2) is 84.9 Å². The van der Waals surface area contributed by atoms with Gasteiger partial charge < -0.3 is 15.7 Å². The van der Waals surface area contributed by atoms with E-state index in [1.54, 1.807) is 0 Å². The zero-order valence-electron chi connectivity index (χ0n) is 17.0. The van der Waals surface area contributed by atoms with Crippen LogP contribution in [-0.4, -0.2) is 35.6 Å². The van der Waals surface area contributed by atoms with Crippen LogP contribution in [0.5, 0.6) is 0 Å². The van der Waals surface area contributed by atoms with Gasteiger partial charge in [-0.1, -0.05) is 60.7 Å². The monoisotopic (exact) mass is 420 g/mol. The molecule has 3 aromatic carbocycles. The van der Waals surface area contributed by atoms with Crippen molar-refractivity contribution in [2.24, 2.45) is 0 Å². The van der Waals surface area contributed by atoms with Crippen molar-refractivity contribution in [3.05, 3.63) is 107 Å². The van der Waals surface area contributed by atoms with E-state index >= 15 is 0 Å². The molecule has 5 nitrogen and oxygen atoms in total. The van der Waals surface area contributed by atoms with Gasteiger partial charge in [-0.05, 0) is 41.8 Å². The molecule has 0 saturated heterocycles. The van der Waals surface area contributed by atoms with Gasteiger partial charge in [0, 0.05) is 12.0 Å². The van der Waals surface area contributed by atoms with Gasteiger partial charge in [0.05, 0.1) is 12.6 Å². The number of halogens is 1. The molecule has 0 aliphatic rings. The Bertz CT molecular complexity index is 979. The summed E-state index contributed by atoms with van der Waals surface area (Å²) in [6, 6.07) is 22.7. The molecule has 0 aliphatic carbocycles. The minimum Gasteiger partial charge on any atom is -0.394 e. The van der Waals surface area contributed by atoms with Crippen molar-refractivity contribution in [1.82, 2.24) is 10.6 Å². The first-order valence-corrected chi connectivity index (χ1v) is 10.1. The van der Waals surface area contributed by atoms with Gasteiger partial charge in [0.15, 0.2) is 0 Å². The fourth-order valence-corrected chi connectivity index (χ4v) is 3.26. The van der Waals surface area contributed by atoms with Gasteiger partial charge in [0.2, 0.25) is 5.91 Å². The SMILES string of the molecule is O=C(N[C@@H](Cc1ccccc1)C(=O)N[C@H](CO)Cc1ccccc1)c1ccc(F)cc1. The molecule has 160 valence electrons. The Morgan fingerprint density at radius 3 is 1.87 bits per heavy atom. The molecule has 2 amide bonds. The predicted octanol–water partition coefficient (Wildman–Crippen LogP) is 2.89. The van der Waals surface area contributed by atoms with Crippen molar-refractivity contribution in [1.29, 1.82) is 0 Å². The smallest absolute Gasteiger partial charge is 0.251 e. The van der Waals surface area contributed by atoms with Gasteiger partial charge in [-0.25, -0.2) is 4.39 Å². The Morgan fingerprint density at radius 1 is 0.774 bits per heavy atom. The van der Waals surface area contributed by atoms with Gasteiger partial charge in [-0.15, -0.1) is 0 Å². The van der Waals surface area contributed by atoms with Gasteiger partial charge >= 0.3 is 0 Å². The van der Waals surface area contributed by atoms with Crippen LogP contribution < -0.4 is 10.6 Å². The molecule has 0 bridgehead atoms. The second kappa shape index (κ2) is 11.0. The zero-order chi connectivity index (χ0) is 22.1. The highest BCUT2D eigenvalue weighted by Crippen LogP contribution is 2.08. The fourth-order valence-electron chi connectivity index (χ4n) is 3.26. The summed E-state index contributed by atoms with van der Waals surface area (Å²) < 4.78 is 13.2. The molecule has 3 N–H and O–H groups in total. The Labute approximate surface area is 180 Å². The van der Waals surface area contributed by atoms with E-state index in [1.807, 2.05) is 60.7 Å². The highest BCUT2D eigenvalue weighted by Gasteiger charge is 2.24. The molecule has 0 heterocycles. The van der Waals surface area contributed by atoms with Crippen LogP contribution in [0.4, 0.5) is 4.39 Å². The first-order valence-electron chi connectivity index (χ1n) is 10.1. The number of hydrogen-bond acceptors (Lipinski definition) is 3. The van der Waals surface area contributed by atoms with Crippen LogP contribution in [0.2, 0.25) is 0 Å². The van der Waals surface area contributed by atoms with E-state index in [4.69, 9.17) is 0 Å². The number of carbonyl (C=O) groups is 2. The lowest BCUT2D eigenvalue weighted by atomic mass is 10.0. The lowest BCUT2D eigenvalue weighted by molar-refractivity contribution is -0.124. The molecule has 2 atom stereocenters. The summed E-state index contributed by atoms with van der Waals surface area (Å²) in [5, 5.41) is 15.3. The standard InChI is InChI=1S/C25H25FN2O3/c26-21-13-11-20(12-14-21)24(30)28-23(16-19-9-5-2-6-10-19)25(31)27-22(17-29)15-18-7-3-1-4-8-18/h1-14,22-23,29H,15-17H2,(H,27,31)(H,28,30)/t22-,23-/m0/s1. The molecule has 0 saturated carbocycles. The van der Waals surface area contributed by atoms with Gasteiger partial charge in [-0.3, -0.25) is 9.59 Å². The number of aliphatic hydroxyl groups excluding tert-OH is 1. The van der Waals surface area contributed by atoms with Crippen LogP contribution in [0.25, 0.3) is 0 Å². The average Bonchev–Trinajstić information content (AvgIpc) is 2.80. The Morgan fingerprint density at radius 2 is 1.32 bits per heavy atom. The summed E-state index contributed by atoms with van der Waals surface area (Å²) in [5.41, 5.74) is 2.12. The molecule has 0 radical (unpaired) electrons. The Kier molecular flexibility index (Phi) is 7.90. The van der Waals surface area contributed by atoms with E-state index in [0.29, 0.717) is 6.42 Å². The minimum absolute atomic E-state index is 0.232. The maximum Gasteiger partial charge on any atom is 0.251 e. The summed E-state index contributed by atoms with van der Waals surface area (Å²) in [6.45, 7) is -0.232. The number of hydrogen-bond donors (Lipinski definition) is 3. The third-order valence-corrected chi connectivity index (χ3v) is 4.90. The maximum atomic E-state index is 13.2. The molecule has 3 aromatic rings. The second-order valence-electron chi connectivity index (χ2n) is 7.30. The van der Waals surface area contributed by atoms with Crippen LogP contribution >= 0.6 is 0 Å². The van der Waals surface area contributed by atoms with E-state index in [9.17, 15) is 19.1 Å². The average molecular weight is 420 g/mol. The van der Waals surface area contributed by atoms with Crippen molar-refractivity contribution in [2.45, 2.75) is 24.9 Å². The quantitative estimate of drug-likeness (QED) is 0.498. The van der Waals surface area contributed by atoms with Crippen molar-refractivity contribution in [3.63, 3.8) is 0 Å². The number of rotatable bonds is 9. The summed E-state index contributed by atoms with van der Waals surface area (Å²) in [4.78, 5) is 25.7. The van der Waals surface area contributed by atoms with Crippen molar-refractivity contribution in [2.75, 3.05) is 6.61 Å². The minimum atomic E-state index is -0.857. The van der Waals surface area contributed by atoms with E-state index in [2.05, 4.69) is 10.6 Å². The van der Waals surface area contributed by atoms with E-state index in [-0.39, 0.29) is 18.6 Å². The molecule has 0 unspecified atom stereocenters. The van der Waals surface area contributed by atoms with E-state index in [0.717, 1.165) is 11.1 Å². The van der Waals surface area contributed by atoms with E-state index < -0.39 is 29.7 Å². The molecule has 0 aliphatic heterocycles. The molecule has 6 heteroatoms. The number of carbonyl (C=O) groups excluding carboxylic acids is 2. The first-order chi connectivity index (χ1) is 15.0. The predicted molar refractivity (Wildman–Crippen MR) is 117 cm³/mol. The van der Waals surface area contributed by atoms with E-state index in [1.165, 1.54) is 24.3 Å². The van der Waals surface area contributed by atoms with Gasteiger partial charge in [0.1, 0.15) is 11.9 Å². The second-order valence-corrected chi connectivity index (χ2v) is 7.30. The summed E-state index contributed by atoms with van der Waals surface area (Å²) in [5.74, 6) is -1.31. The van der Waals surface area contributed by atoms with Crippen LogP contribution in [0.1, 0.15) is 21.5 Å². The number of benzene rings is 3. The molecule has 31 heavy (non-hydrogen) atoms. The number of aliphatic hydroxyl groups is 1. The molecule has 0 fully saturated rings. The lowest BCUT2D eigenvalue weighted by Crippen LogP contribution is -2.52. The Balaban J connectivity index is 1.73. The zero-order valence-corrected chi connectivity index (χ0v) is 17.0. The third kappa shape index (κ3) is 6.76. The van der Waals surface area contributed by atoms with Crippen LogP contribution in [0, 0.1) is 5.82 Å². The number of nitrogens with one attached hydrogen (secondary N) is 2. The maximum absolute atomic E-state index is 13.2. The molecule has 0 spiro atoms. The highest BCUT2D eigenvalue weighted by molar-refractivity contribution is 5.97. The van der Waals surface area contributed by atoms with Crippen molar-refractivity contribution in [3.8, 4) is 0 Å². The highest BCUT2D eigenvalue weighted by atomic mass is 19.1. The molecular weight excluding hydrogens is 395 g/mol. The summed E-state index contributed by atoms with van der Waals surface area (Å²) >= 11 is 0. The molecule has 0 aromatic heterocycles. The number of amides is 2. The summed E-state index contributed by atoms with van der Waals surface area (Å²) in [7, 11) is 0. The largest absolute Gasteiger partial charge is 0.394 e. The summed E-state index contributed by atoms with van der Waals surface area (Å²) in [6.07, 6.45) is 0.746. The normalized spacial score (nSPS) is 12.6. The Hall–Kier alpha value is -3.51. The third-order valence-electron chi connectivity index (χ3n) is 4.90. The van der Waals surface area contributed by atoms with Gasteiger partial charge in [0.25, 0.3) is 5.91 Å². The lowest BCUT2D eigenvalue weighted by Gasteiger charge is -2.23. The van der Waals surface area contributed by atoms with Gasteiger partial charge in [-0.2, -0.15) is 0 Å². The van der Waals surface area contributed by atoms with Crippen molar-refractivity contribution < 1.29 is 19.1 Å². The first kappa shape index (κ1) is 22.2. The van der Waals surface area contributed by atoms with Crippen molar-refractivity contribution >= 4 is 11.8 Å². The molecular formula is C25H25FN2O3. The topological polar surface area (TPSA) is 78.4 Å². The molecule has 3 rings (SSSR count). The van der Waals surface area contributed by atoms with Crippen LogP contribution in [0.3, 0.4) is 0 Å². The van der Waals surface area contributed by atoms with Crippen LogP contribution in [-0.2, 0) is 17.6 Å². The fraction of sp³-hybridized carbons (Fsp3) is 0.200.